The van der Waals surface area contributed by atoms with Crippen LogP contribution in [-0.4, -0.2) is 58.7 Å². The van der Waals surface area contributed by atoms with Gasteiger partial charge in [0, 0.05) is 38.3 Å². The van der Waals surface area contributed by atoms with Gasteiger partial charge < -0.3 is 24.6 Å². The van der Waals surface area contributed by atoms with E-state index in [0.29, 0.717) is 12.3 Å². The second-order valence-electron chi connectivity index (χ2n) is 11.7. The fraction of sp³-hybridized carbons (Fsp3) is 0.419. The molecule has 1 N–H and O–H groups in total. The summed E-state index contributed by atoms with van der Waals surface area (Å²) in [6.07, 6.45) is -0.0691. The maximum absolute atomic E-state index is 14.8. The smallest absolute Gasteiger partial charge is 0.410 e. The van der Waals surface area contributed by atoms with Crippen LogP contribution >= 0.6 is 0 Å². The molecule has 2 aromatic carbocycles. The van der Waals surface area contributed by atoms with Crippen molar-refractivity contribution in [2.24, 2.45) is 0 Å². The van der Waals surface area contributed by atoms with Crippen LogP contribution in [0, 0.1) is 17.0 Å². The summed E-state index contributed by atoms with van der Waals surface area (Å²) < 4.78 is 40.1. The zero-order valence-corrected chi connectivity index (χ0v) is 25.0. The van der Waals surface area contributed by atoms with Gasteiger partial charge in [-0.3, -0.25) is 10.1 Å². The summed E-state index contributed by atoms with van der Waals surface area (Å²) in [5, 5.41) is 15.5. The molecule has 1 amide bonds. The second-order valence-corrected chi connectivity index (χ2v) is 11.7. The third kappa shape index (κ3) is 8.52. The van der Waals surface area contributed by atoms with E-state index < -0.39 is 41.5 Å². The van der Waals surface area contributed by atoms with Gasteiger partial charge in [-0.1, -0.05) is 42.0 Å². The number of alkyl halides is 2. The number of pyridine rings is 1. The molecule has 0 spiro atoms. The van der Waals surface area contributed by atoms with Crippen LogP contribution in [0.5, 0.6) is 5.75 Å². The van der Waals surface area contributed by atoms with Crippen LogP contribution in [0.2, 0.25) is 0 Å². The number of nitro groups is 1. The highest BCUT2D eigenvalue weighted by atomic mass is 19.3. The molecule has 1 atom stereocenters. The molecule has 3 aromatic rings. The van der Waals surface area contributed by atoms with Crippen LogP contribution in [0.3, 0.4) is 0 Å². The van der Waals surface area contributed by atoms with Crippen molar-refractivity contribution >= 4 is 23.3 Å². The quantitative estimate of drug-likeness (QED) is 0.218. The molecule has 230 valence electrons. The van der Waals surface area contributed by atoms with Gasteiger partial charge in [-0.2, -0.15) is 0 Å². The number of piperidine rings is 1. The predicted molar refractivity (Wildman–Crippen MR) is 160 cm³/mol. The molecule has 1 aliphatic heterocycles. The van der Waals surface area contributed by atoms with Gasteiger partial charge in [0.1, 0.15) is 17.0 Å². The number of hydrogen-bond acceptors (Lipinski definition) is 8. The van der Waals surface area contributed by atoms with E-state index in [1.165, 1.54) is 12.3 Å². The summed E-state index contributed by atoms with van der Waals surface area (Å²) >= 11 is 0. The molecule has 1 fully saturated rings. The SMILES string of the molecule is COc1ccc(CN(Cc2ccc(C)cc2)c2nccc(N[C@H]3CN(C(=O)OC(C)(C)C)CC(F)(F)C3)c2[N+](=O)[O-])cc1. The molecule has 2 heterocycles. The maximum Gasteiger partial charge on any atom is 0.410 e. The molecule has 43 heavy (non-hydrogen) atoms. The monoisotopic (exact) mass is 597 g/mol. The van der Waals surface area contributed by atoms with Crippen molar-refractivity contribution < 1.29 is 28.0 Å². The average molecular weight is 598 g/mol. The van der Waals surface area contributed by atoms with Crippen LogP contribution in [0.15, 0.2) is 60.8 Å². The lowest BCUT2D eigenvalue weighted by Crippen LogP contribution is -2.54. The molecule has 0 bridgehead atoms. The van der Waals surface area contributed by atoms with Crippen LogP contribution in [0.4, 0.5) is 30.8 Å². The number of amides is 1. The molecule has 0 radical (unpaired) electrons. The van der Waals surface area contributed by atoms with Crippen molar-refractivity contribution in [2.75, 3.05) is 30.4 Å². The number of rotatable bonds is 9. The topological polar surface area (TPSA) is 110 Å². The van der Waals surface area contributed by atoms with Gasteiger partial charge in [-0.15, -0.1) is 0 Å². The van der Waals surface area contributed by atoms with E-state index in [1.807, 2.05) is 43.3 Å². The zero-order valence-electron chi connectivity index (χ0n) is 25.0. The van der Waals surface area contributed by atoms with Crippen LogP contribution in [0.25, 0.3) is 0 Å². The first kappa shape index (κ1) is 31.5. The van der Waals surface area contributed by atoms with Crippen molar-refractivity contribution in [2.45, 2.75) is 64.8 Å². The average Bonchev–Trinajstić information content (AvgIpc) is 2.92. The summed E-state index contributed by atoms with van der Waals surface area (Å²) in [7, 11) is 1.57. The minimum absolute atomic E-state index is 0.0328. The van der Waals surface area contributed by atoms with Gasteiger partial charge in [0.05, 0.1) is 18.6 Å². The van der Waals surface area contributed by atoms with E-state index in [2.05, 4.69) is 10.3 Å². The first-order chi connectivity index (χ1) is 20.2. The second kappa shape index (κ2) is 12.8. The number of carbonyl (C=O) groups excluding carboxylic acids is 1. The Labute approximate surface area is 249 Å². The number of nitrogens with one attached hydrogen (secondary N) is 1. The molecule has 0 saturated carbocycles. The molecular formula is C31H37F2N5O5. The fourth-order valence-electron chi connectivity index (χ4n) is 4.92. The first-order valence-electron chi connectivity index (χ1n) is 13.9. The summed E-state index contributed by atoms with van der Waals surface area (Å²) in [4.78, 5) is 31.7. The Morgan fingerprint density at radius 1 is 1.12 bits per heavy atom. The third-order valence-electron chi connectivity index (χ3n) is 6.83. The molecule has 10 nitrogen and oxygen atoms in total. The molecule has 4 rings (SSSR count). The first-order valence-corrected chi connectivity index (χ1v) is 13.9. The number of halogens is 2. The minimum Gasteiger partial charge on any atom is -0.497 e. The molecule has 0 aliphatic carbocycles. The number of aromatic nitrogens is 1. The van der Waals surface area contributed by atoms with Crippen LogP contribution in [0.1, 0.15) is 43.9 Å². The van der Waals surface area contributed by atoms with Crippen LogP contribution in [-0.2, 0) is 17.8 Å². The zero-order chi connectivity index (χ0) is 31.4. The number of anilines is 2. The number of nitrogens with zero attached hydrogens (tertiary/aromatic N) is 4. The molecule has 1 saturated heterocycles. The summed E-state index contributed by atoms with van der Waals surface area (Å²) in [5.41, 5.74) is 1.67. The van der Waals surface area contributed by atoms with Crippen molar-refractivity contribution in [1.82, 2.24) is 9.88 Å². The summed E-state index contributed by atoms with van der Waals surface area (Å²) in [6.45, 7) is 6.60. The Balaban J connectivity index is 1.67. The number of carbonyl (C=O) groups is 1. The maximum atomic E-state index is 14.8. The number of aryl methyl sites for hydroxylation is 1. The number of likely N-dealkylation sites (tertiary alicyclic amines) is 1. The van der Waals surface area contributed by atoms with Crippen molar-refractivity contribution in [3.63, 3.8) is 0 Å². The molecule has 12 heteroatoms. The largest absolute Gasteiger partial charge is 0.497 e. The Hall–Kier alpha value is -4.48. The van der Waals surface area contributed by atoms with E-state index >= 15 is 0 Å². The van der Waals surface area contributed by atoms with Gasteiger partial charge in [0.2, 0.25) is 5.82 Å². The fourth-order valence-corrected chi connectivity index (χ4v) is 4.92. The Kier molecular flexibility index (Phi) is 9.37. The van der Waals surface area contributed by atoms with Gasteiger partial charge in [-0.05, 0) is 57.0 Å². The lowest BCUT2D eigenvalue weighted by Gasteiger charge is -2.38. The predicted octanol–water partition coefficient (Wildman–Crippen LogP) is 6.57. The Morgan fingerprint density at radius 2 is 1.72 bits per heavy atom. The molecule has 1 aliphatic rings. The lowest BCUT2D eigenvalue weighted by atomic mass is 10.0. The number of hydrogen-bond donors (Lipinski definition) is 1. The summed E-state index contributed by atoms with van der Waals surface area (Å²) in [5.74, 6) is -2.46. The Morgan fingerprint density at radius 3 is 2.28 bits per heavy atom. The van der Waals surface area contributed by atoms with E-state index in [-0.39, 0.29) is 30.3 Å². The number of ether oxygens (including phenoxy) is 2. The molecule has 0 unspecified atom stereocenters. The van der Waals surface area contributed by atoms with Gasteiger partial charge >= 0.3 is 11.8 Å². The van der Waals surface area contributed by atoms with Gasteiger partial charge in [0.25, 0.3) is 5.92 Å². The van der Waals surface area contributed by atoms with Crippen molar-refractivity contribution in [3.8, 4) is 5.75 Å². The third-order valence-corrected chi connectivity index (χ3v) is 6.83. The Bertz CT molecular complexity index is 1430. The molecular weight excluding hydrogens is 560 g/mol. The van der Waals surface area contributed by atoms with Gasteiger partial charge in [-0.25, -0.2) is 18.6 Å². The summed E-state index contributed by atoms with van der Waals surface area (Å²) in [6, 6.07) is 15.6. The standard InChI is InChI=1S/C31H37F2N5O5/c1-21-6-8-22(9-7-21)17-36(18-23-10-12-25(42-5)13-11-23)28-27(38(40)41)26(14-15-34-28)35-24-16-31(32,33)20-37(19-24)29(39)43-30(2,3)4/h6-15,24H,16-20H2,1-5H3,(H,34,35)/t24-/m1/s1. The van der Waals surface area contributed by atoms with E-state index in [9.17, 15) is 23.7 Å². The lowest BCUT2D eigenvalue weighted by molar-refractivity contribution is -0.383. The van der Waals surface area contributed by atoms with E-state index in [4.69, 9.17) is 9.47 Å². The normalized spacial score (nSPS) is 16.3. The highest BCUT2D eigenvalue weighted by Crippen LogP contribution is 2.37. The number of methoxy groups -OCH3 is 1. The molecule has 1 aromatic heterocycles. The number of benzene rings is 2. The van der Waals surface area contributed by atoms with E-state index in [0.717, 1.165) is 21.6 Å². The minimum atomic E-state index is -3.22. The van der Waals surface area contributed by atoms with Crippen molar-refractivity contribution in [3.05, 3.63) is 87.6 Å². The highest BCUT2D eigenvalue weighted by molar-refractivity contribution is 5.74. The highest BCUT2D eigenvalue weighted by Gasteiger charge is 2.44. The van der Waals surface area contributed by atoms with Crippen LogP contribution < -0.4 is 15.0 Å². The van der Waals surface area contributed by atoms with E-state index in [1.54, 1.807) is 44.9 Å². The van der Waals surface area contributed by atoms with Crippen molar-refractivity contribution in [1.29, 1.82) is 0 Å². The van der Waals surface area contributed by atoms with Gasteiger partial charge in [0.15, 0.2) is 0 Å².